The number of rotatable bonds is 6. The van der Waals surface area contributed by atoms with Crippen LogP contribution in [0.5, 0.6) is 0 Å². The monoisotopic (exact) mass is 254 g/mol. The summed E-state index contributed by atoms with van der Waals surface area (Å²) in [5, 5.41) is 3.56. The molecule has 1 aliphatic rings. The van der Waals surface area contributed by atoms with Gasteiger partial charge in [0.05, 0.1) is 11.7 Å². The second kappa shape index (κ2) is 6.05. The lowest BCUT2D eigenvalue weighted by atomic mass is 9.96. The first kappa shape index (κ1) is 15.5. The van der Waals surface area contributed by atoms with Gasteiger partial charge in [-0.25, -0.2) is 0 Å². The number of hydrogen-bond donors (Lipinski definition) is 1. The zero-order valence-corrected chi connectivity index (χ0v) is 12.9. The number of amides is 1. The molecule has 1 amide bonds. The summed E-state index contributed by atoms with van der Waals surface area (Å²) in [5.74, 6) is 0.809. The molecule has 3 nitrogen and oxygen atoms in total. The number of carbonyl (C=O) groups is 1. The fourth-order valence-corrected chi connectivity index (χ4v) is 3.03. The van der Waals surface area contributed by atoms with Crippen LogP contribution in [0.25, 0.3) is 0 Å². The minimum Gasteiger partial charge on any atom is -0.322 e. The Labute approximate surface area is 112 Å². The molecule has 0 spiro atoms. The Morgan fingerprint density at radius 3 is 2.33 bits per heavy atom. The quantitative estimate of drug-likeness (QED) is 0.789. The van der Waals surface area contributed by atoms with Crippen LogP contribution in [-0.2, 0) is 4.79 Å². The van der Waals surface area contributed by atoms with Crippen molar-refractivity contribution in [2.24, 2.45) is 5.92 Å². The van der Waals surface area contributed by atoms with Crippen LogP contribution in [0.15, 0.2) is 0 Å². The van der Waals surface area contributed by atoms with Crippen molar-refractivity contribution in [3.8, 4) is 0 Å². The van der Waals surface area contributed by atoms with E-state index in [0.717, 1.165) is 25.7 Å². The van der Waals surface area contributed by atoms with E-state index in [0.29, 0.717) is 17.9 Å². The minimum atomic E-state index is -0.359. The van der Waals surface area contributed by atoms with Gasteiger partial charge in [0.2, 0.25) is 5.91 Å². The fourth-order valence-electron chi connectivity index (χ4n) is 3.03. The zero-order valence-electron chi connectivity index (χ0n) is 12.9. The van der Waals surface area contributed by atoms with Crippen molar-refractivity contribution in [1.82, 2.24) is 10.2 Å². The zero-order chi connectivity index (χ0) is 13.9. The molecule has 3 atom stereocenters. The Kier molecular flexibility index (Phi) is 5.20. The van der Waals surface area contributed by atoms with Crippen molar-refractivity contribution in [3.05, 3.63) is 0 Å². The van der Waals surface area contributed by atoms with E-state index in [4.69, 9.17) is 0 Å². The molecule has 0 aliphatic carbocycles. The third-order valence-electron chi connectivity index (χ3n) is 4.34. The van der Waals surface area contributed by atoms with Gasteiger partial charge in [-0.05, 0) is 32.1 Å². The molecular formula is C15H30N2O. The minimum absolute atomic E-state index is 0.222. The van der Waals surface area contributed by atoms with Crippen LogP contribution >= 0.6 is 0 Å². The van der Waals surface area contributed by atoms with Crippen LogP contribution in [0.4, 0.5) is 0 Å². The van der Waals surface area contributed by atoms with Crippen LogP contribution in [0.3, 0.4) is 0 Å². The second-order valence-corrected chi connectivity index (χ2v) is 6.07. The highest BCUT2D eigenvalue weighted by Crippen LogP contribution is 2.30. The lowest BCUT2D eigenvalue weighted by molar-refractivity contribution is -0.136. The first-order valence-electron chi connectivity index (χ1n) is 7.51. The van der Waals surface area contributed by atoms with Crippen molar-refractivity contribution in [1.29, 1.82) is 0 Å². The first-order valence-corrected chi connectivity index (χ1v) is 7.51. The van der Waals surface area contributed by atoms with Gasteiger partial charge in [-0.15, -0.1) is 0 Å². The van der Waals surface area contributed by atoms with Gasteiger partial charge in [0.1, 0.15) is 0 Å². The van der Waals surface area contributed by atoms with Crippen molar-refractivity contribution in [2.75, 3.05) is 0 Å². The summed E-state index contributed by atoms with van der Waals surface area (Å²) in [5.41, 5.74) is -0.359. The molecule has 106 valence electrons. The van der Waals surface area contributed by atoms with Crippen molar-refractivity contribution < 1.29 is 4.79 Å². The molecule has 1 aliphatic heterocycles. The van der Waals surface area contributed by atoms with Gasteiger partial charge in [0.25, 0.3) is 0 Å². The summed E-state index contributed by atoms with van der Waals surface area (Å²) in [6.45, 7) is 12.9. The van der Waals surface area contributed by atoms with E-state index >= 15 is 0 Å². The highest BCUT2D eigenvalue weighted by Gasteiger charge is 2.48. The molecule has 3 unspecified atom stereocenters. The van der Waals surface area contributed by atoms with E-state index in [1.807, 2.05) is 6.92 Å². The predicted octanol–water partition coefficient (Wildman–Crippen LogP) is 3.15. The third kappa shape index (κ3) is 2.71. The van der Waals surface area contributed by atoms with E-state index in [1.54, 1.807) is 0 Å². The molecule has 1 saturated heterocycles. The van der Waals surface area contributed by atoms with Crippen LogP contribution in [-0.4, -0.2) is 28.6 Å². The number of nitrogens with zero attached hydrogens (tertiary/aromatic N) is 1. The molecule has 0 saturated carbocycles. The molecule has 1 rings (SSSR count). The van der Waals surface area contributed by atoms with Crippen molar-refractivity contribution in [3.63, 3.8) is 0 Å². The van der Waals surface area contributed by atoms with E-state index in [2.05, 4.69) is 44.8 Å². The number of hydrogen-bond acceptors (Lipinski definition) is 2. The molecule has 0 aromatic heterocycles. The Morgan fingerprint density at radius 1 is 1.33 bits per heavy atom. The second-order valence-electron chi connectivity index (χ2n) is 6.07. The summed E-state index contributed by atoms with van der Waals surface area (Å²) in [7, 11) is 0. The molecule has 1 fully saturated rings. The Bertz CT molecular complexity index is 290. The molecule has 0 bridgehead atoms. The van der Waals surface area contributed by atoms with Gasteiger partial charge in [-0.2, -0.15) is 0 Å². The predicted molar refractivity (Wildman–Crippen MR) is 76.3 cm³/mol. The normalized spacial score (nSPS) is 30.3. The van der Waals surface area contributed by atoms with Crippen LogP contribution in [0, 0.1) is 5.92 Å². The molecule has 1 N–H and O–H groups in total. The van der Waals surface area contributed by atoms with Gasteiger partial charge >= 0.3 is 0 Å². The highest BCUT2D eigenvalue weighted by molar-refractivity contribution is 5.88. The molecule has 18 heavy (non-hydrogen) atoms. The summed E-state index contributed by atoms with van der Waals surface area (Å²) in [6, 6.07) is 0.356. The molecule has 0 radical (unpaired) electrons. The maximum Gasteiger partial charge on any atom is 0.244 e. The Balaban J connectivity index is 3.00. The maximum atomic E-state index is 12.7. The highest BCUT2D eigenvalue weighted by atomic mass is 16.2. The van der Waals surface area contributed by atoms with Gasteiger partial charge in [-0.1, -0.05) is 41.0 Å². The average Bonchev–Trinajstić information content (AvgIpc) is 2.56. The smallest absolute Gasteiger partial charge is 0.244 e. The van der Waals surface area contributed by atoms with Crippen molar-refractivity contribution in [2.45, 2.75) is 85.0 Å². The molecule has 3 heteroatoms. The van der Waals surface area contributed by atoms with Gasteiger partial charge < -0.3 is 4.90 Å². The summed E-state index contributed by atoms with van der Waals surface area (Å²) >= 11 is 0. The topological polar surface area (TPSA) is 32.3 Å². The van der Waals surface area contributed by atoms with Crippen molar-refractivity contribution >= 4 is 5.91 Å². The van der Waals surface area contributed by atoms with Crippen LogP contribution in [0.1, 0.15) is 67.2 Å². The van der Waals surface area contributed by atoms with Crippen LogP contribution in [0.2, 0.25) is 0 Å². The standard InChI is InChI=1S/C15H30N2O/c1-7-10-13-16-15(6,9-3)14(18)17(13)12(8-2)11(4)5/h11-13,16H,7-10H2,1-6H3. The summed E-state index contributed by atoms with van der Waals surface area (Å²) in [4.78, 5) is 14.8. The van der Waals surface area contributed by atoms with Gasteiger partial charge in [-0.3, -0.25) is 10.1 Å². The molecular weight excluding hydrogens is 224 g/mol. The van der Waals surface area contributed by atoms with E-state index in [9.17, 15) is 4.79 Å². The average molecular weight is 254 g/mol. The molecule has 0 aromatic carbocycles. The van der Waals surface area contributed by atoms with Gasteiger partial charge in [0, 0.05) is 6.04 Å². The fraction of sp³-hybridized carbons (Fsp3) is 0.933. The largest absolute Gasteiger partial charge is 0.322 e. The number of nitrogens with one attached hydrogen (secondary N) is 1. The SMILES string of the molecule is CCCC1NC(C)(CC)C(=O)N1C(CC)C(C)C. The maximum absolute atomic E-state index is 12.7. The Hall–Kier alpha value is -0.570. The lowest BCUT2D eigenvalue weighted by Gasteiger charge is -2.35. The third-order valence-corrected chi connectivity index (χ3v) is 4.34. The Morgan fingerprint density at radius 2 is 1.94 bits per heavy atom. The van der Waals surface area contributed by atoms with E-state index < -0.39 is 0 Å². The lowest BCUT2D eigenvalue weighted by Crippen LogP contribution is -2.47. The molecule has 0 aromatic rings. The van der Waals surface area contributed by atoms with Crippen LogP contribution < -0.4 is 5.32 Å². The summed E-state index contributed by atoms with van der Waals surface area (Å²) in [6.07, 6.45) is 4.27. The van der Waals surface area contributed by atoms with E-state index in [1.165, 1.54) is 0 Å². The van der Waals surface area contributed by atoms with E-state index in [-0.39, 0.29) is 11.7 Å². The van der Waals surface area contributed by atoms with Gasteiger partial charge in [0.15, 0.2) is 0 Å². The first-order chi connectivity index (χ1) is 8.41. The molecule has 1 heterocycles. The number of carbonyl (C=O) groups excluding carboxylic acids is 1. The summed E-state index contributed by atoms with van der Waals surface area (Å²) < 4.78 is 0.